The van der Waals surface area contributed by atoms with Gasteiger partial charge in [0.05, 0.1) is 12.7 Å². The van der Waals surface area contributed by atoms with Crippen LogP contribution in [-0.4, -0.2) is 18.8 Å². The van der Waals surface area contributed by atoms with E-state index in [1.54, 1.807) is 6.07 Å². The molecule has 3 heteroatoms. The fraction of sp³-hybridized carbons (Fsp3) is 0.250. The molecule has 0 aliphatic carbocycles. The van der Waals surface area contributed by atoms with Crippen LogP contribution < -0.4 is 0 Å². The Kier molecular flexibility index (Phi) is 4.43. The molecule has 0 fully saturated rings. The minimum Gasteiger partial charge on any atom is -0.465 e. The molecule has 0 heterocycles. The molecular weight excluding hydrogens is 208 g/mol. The molecule has 0 aliphatic heterocycles. The Morgan fingerprint density at radius 3 is 2.87 bits per heavy atom. The Hall–Kier alpha value is -1.22. The van der Waals surface area contributed by atoms with Crippen LogP contribution in [-0.2, 0) is 4.74 Å². The van der Waals surface area contributed by atoms with Crippen molar-refractivity contribution in [1.29, 1.82) is 0 Å². The van der Waals surface area contributed by atoms with Gasteiger partial charge in [-0.3, -0.25) is 0 Å². The third-order valence-electron chi connectivity index (χ3n) is 2.10. The van der Waals surface area contributed by atoms with Crippen molar-refractivity contribution in [2.24, 2.45) is 0 Å². The van der Waals surface area contributed by atoms with Crippen LogP contribution in [0.3, 0.4) is 0 Å². The van der Waals surface area contributed by atoms with E-state index in [2.05, 4.69) is 17.4 Å². The Morgan fingerprint density at radius 2 is 2.27 bits per heavy atom. The second kappa shape index (κ2) is 5.61. The van der Waals surface area contributed by atoms with Crippen molar-refractivity contribution in [2.75, 3.05) is 12.9 Å². The van der Waals surface area contributed by atoms with Crippen LogP contribution >= 0.6 is 12.6 Å². The van der Waals surface area contributed by atoms with Gasteiger partial charge >= 0.3 is 5.97 Å². The highest BCUT2D eigenvalue weighted by atomic mass is 32.1. The van der Waals surface area contributed by atoms with Crippen LogP contribution in [0.2, 0.25) is 0 Å². The van der Waals surface area contributed by atoms with Crippen LogP contribution in [0.5, 0.6) is 0 Å². The maximum Gasteiger partial charge on any atom is 0.337 e. The number of rotatable bonds is 3. The second-order valence-corrected chi connectivity index (χ2v) is 3.51. The van der Waals surface area contributed by atoms with Crippen LogP contribution in [0.15, 0.2) is 24.3 Å². The molecule has 0 bridgehead atoms. The zero-order valence-corrected chi connectivity index (χ0v) is 9.75. The summed E-state index contributed by atoms with van der Waals surface area (Å²) in [7, 11) is 1.38. The minimum atomic E-state index is -0.310. The van der Waals surface area contributed by atoms with Gasteiger partial charge in [-0.1, -0.05) is 18.2 Å². The third-order valence-corrected chi connectivity index (χ3v) is 2.31. The lowest BCUT2D eigenvalue weighted by Gasteiger charge is -2.03. The topological polar surface area (TPSA) is 26.3 Å². The van der Waals surface area contributed by atoms with Gasteiger partial charge in [-0.05, 0) is 30.2 Å². The number of benzene rings is 1. The molecule has 0 amide bonds. The molecule has 0 aromatic heterocycles. The molecule has 80 valence electrons. The summed E-state index contributed by atoms with van der Waals surface area (Å²) in [6, 6.07) is 5.49. The average molecular weight is 222 g/mol. The summed E-state index contributed by atoms with van der Waals surface area (Å²) in [5, 5.41) is 0. The Labute approximate surface area is 95.4 Å². The maximum absolute atomic E-state index is 11.3. The quantitative estimate of drug-likeness (QED) is 0.628. The van der Waals surface area contributed by atoms with E-state index in [-0.39, 0.29) is 5.97 Å². The maximum atomic E-state index is 11.3. The summed E-state index contributed by atoms with van der Waals surface area (Å²) in [5.41, 5.74) is 2.72. The van der Waals surface area contributed by atoms with Gasteiger partial charge in [0.1, 0.15) is 0 Å². The number of hydrogen-bond acceptors (Lipinski definition) is 3. The van der Waals surface area contributed by atoms with Crippen molar-refractivity contribution in [3.63, 3.8) is 0 Å². The van der Waals surface area contributed by atoms with Crippen molar-refractivity contribution in [3.05, 3.63) is 41.0 Å². The molecule has 0 radical (unpaired) electrons. The lowest BCUT2D eigenvalue weighted by molar-refractivity contribution is 0.0600. The Morgan fingerprint density at radius 1 is 1.53 bits per heavy atom. The van der Waals surface area contributed by atoms with Gasteiger partial charge in [0, 0.05) is 5.75 Å². The van der Waals surface area contributed by atoms with Gasteiger partial charge in [0.2, 0.25) is 0 Å². The standard InChI is InChI=1S/C12H14O2S/c1-9-5-6-11(12(13)14-2)8-10(9)4-3-7-15/h3-6,8,15H,7H2,1-2H3. The van der Waals surface area contributed by atoms with Crippen molar-refractivity contribution in [3.8, 4) is 0 Å². The monoisotopic (exact) mass is 222 g/mol. The molecular formula is C12H14O2S. The number of esters is 1. The van der Waals surface area contributed by atoms with Gasteiger partial charge in [-0.2, -0.15) is 12.6 Å². The lowest BCUT2D eigenvalue weighted by atomic mass is 10.0. The fourth-order valence-electron chi connectivity index (χ4n) is 1.24. The average Bonchev–Trinajstić information content (AvgIpc) is 2.27. The molecule has 1 rings (SSSR count). The van der Waals surface area contributed by atoms with Crippen LogP contribution in [0.1, 0.15) is 21.5 Å². The highest BCUT2D eigenvalue weighted by molar-refractivity contribution is 7.80. The molecule has 0 aliphatic rings. The summed E-state index contributed by atoms with van der Waals surface area (Å²) in [6.07, 6.45) is 3.89. The number of carbonyl (C=O) groups is 1. The summed E-state index contributed by atoms with van der Waals surface area (Å²) < 4.78 is 4.66. The fourth-order valence-corrected chi connectivity index (χ4v) is 1.35. The van der Waals surface area contributed by atoms with Gasteiger partial charge in [-0.25, -0.2) is 4.79 Å². The molecule has 15 heavy (non-hydrogen) atoms. The summed E-state index contributed by atoms with van der Waals surface area (Å²) in [5.74, 6) is 0.373. The Balaban J connectivity index is 3.05. The molecule has 0 saturated carbocycles. The number of aryl methyl sites for hydroxylation is 1. The van der Waals surface area contributed by atoms with Gasteiger partial charge in [0.25, 0.3) is 0 Å². The van der Waals surface area contributed by atoms with E-state index >= 15 is 0 Å². The smallest absolute Gasteiger partial charge is 0.337 e. The first kappa shape index (κ1) is 11.9. The van der Waals surface area contributed by atoms with Gasteiger partial charge < -0.3 is 4.74 Å². The summed E-state index contributed by atoms with van der Waals surface area (Å²) in [6.45, 7) is 2.00. The van der Waals surface area contributed by atoms with E-state index in [0.717, 1.165) is 11.1 Å². The largest absolute Gasteiger partial charge is 0.465 e. The molecule has 0 saturated heterocycles. The summed E-state index contributed by atoms with van der Waals surface area (Å²) >= 11 is 4.09. The second-order valence-electron chi connectivity index (χ2n) is 3.15. The molecule has 1 aromatic rings. The predicted octanol–water partition coefficient (Wildman–Crippen LogP) is 2.72. The van der Waals surface area contributed by atoms with Crippen LogP contribution in [0, 0.1) is 6.92 Å². The normalized spacial score (nSPS) is 10.6. The van der Waals surface area contributed by atoms with Crippen LogP contribution in [0.25, 0.3) is 6.08 Å². The van der Waals surface area contributed by atoms with E-state index in [1.807, 2.05) is 31.2 Å². The molecule has 0 atom stereocenters. The number of ether oxygens (including phenoxy) is 1. The van der Waals surface area contributed by atoms with Crippen LogP contribution in [0.4, 0.5) is 0 Å². The highest BCUT2D eigenvalue weighted by Crippen LogP contribution is 2.13. The number of hydrogen-bond donors (Lipinski definition) is 1. The van der Waals surface area contributed by atoms with E-state index in [4.69, 9.17) is 0 Å². The van der Waals surface area contributed by atoms with E-state index in [1.165, 1.54) is 7.11 Å². The number of methoxy groups -OCH3 is 1. The minimum absolute atomic E-state index is 0.310. The van der Waals surface area contributed by atoms with Crippen molar-refractivity contribution in [1.82, 2.24) is 0 Å². The first-order valence-electron chi connectivity index (χ1n) is 4.65. The molecule has 2 nitrogen and oxygen atoms in total. The predicted molar refractivity (Wildman–Crippen MR) is 65.4 cm³/mol. The van der Waals surface area contributed by atoms with E-state index in [0.29, 0.717) is 11.3 Å². The van der Waals surface area contributed by atoms with Gasteiger partial charge in [-0.15, -0.1) is 0 Å². The highest BCUT2D eigenvalue weighted by Gasteiger charge is 2.05. The molecule has 0 spiro atoms. The number of carbonyl (C=O) groups excluding carboxylic acids is 1. The number of thiol groups is 1. The lowest BCUT2D eigenvalue weighted by Crippen LogP contribution is -2.01. The third kappa shape index (κ3) is 3.13. The van der Waals surface area contributed by atoms with E-state index in [9.17, 15) is 4.79 Å². The van der Waals surface area contributed by atoms with Gasteiger partial charge in [0.15, 0.2) is 0 Å². The zero-order valence-electron chi connectivity index (χ0n) is 8.86. The molecule has 1 aromatic carbocycles. The molecule has 0 unspecified atom stereocenters. The SMILES string of the molecule is COC(=O)c1ccc(C)c(C=CCS)c1. The van der Waals surface area contributed by atoms with Crippen molar-refractivity contribution < 1.29 is 9.53 Å². The zero-order chi connectivity index (χ0) is 11.3. The summed E-state index contributed by atoms with van der Waals surface area (Å²) in [4.78, 5) is 11.3. The van der Waals surface area contributed by atoms with E-state index < -0.39 is 0 Å². The Bertz CT molecular complexity index is 383. The van der Waals surface area contributed by atoms with Crippen molar-refractivity contribution in [2.45, 2.75) is 6.92 Å². The molecule has 0 N–H and O–H groups in total. The first-order valence-corrected chi connectivity index (χ1v) is 5.28. The first-order chi connectivity index (χ1) is 7.19. The van der Waals surface area contributed by atoms with Crippen molar-refractivity contribution >= 4 is 24.7 Å².